The van der Waals surface area contributed by atoms with Crippen LogP contribution in [0.3, 0.4) is 0 Å². The molecule has 0 N–H and O–H groups in total. The van der Waals surface area contributed by atoms with Crippen molar-refractivity contribution in [3.8, 4) is 12.3 Å². The van der Waals surface area contributed by atoms with Gasteiger partial charge in [-0.1, -0.05) is 31.2 Å². The summed E-state index contributed by atoms with van der Waals surface area (Å²) in [5, 5.41) is 0. The van der Waals surface area contributed by atoms with E-state index in [9.17, 15) is 0 Å². The van der Waals surface area contributed by atoms with E-state index in [2.05, 4.69) is 37.1 Å². The van der Waals surface area contributed by atoms with Gasteiger partial charge in [0, 0.05) is 11.8 Å². The number of rotatable bonds is 1. The van der Waals surface area contributed by atoms with Crippen LogP contribution in [-0.2, 0) is 11.8 Å². The lowest BCUT2D eigenvalue weighted by Crippen LogP contribution is -2.16. The van der Waals surface area contributed by atoms with Gasteiger partial charge in [-0.15, -0.1) is 12.3 Å². The van der Waals surface area contributed by atoms with Gasteiger partial charge in [0.2, 0.25) is 0 Å². The summed E-state index contributed by atoms with van der Waals surface area (Å²) in [6, 6.07) is 8.66. The summed E-state index contributed by atoms with van der Waals surface area (Å²) < 4.78 is 0. The van der Waals surface area contributed by atoms with Crippen molar-refractivity contribution in [2.75, 3.05) is 0 Å². The average molecular weight is 170 g/mol. The normalized spacial score (nSPS) is 25.2. The highest BCUT2D eigenvalue weighted by atomic mass is 14.4. The van der Waals surface area contributed by atoms with E-state index in [0.29, 0.717) is 0 Å². The maximum absolute atomic E-state index is 5.40. The number of hydrogen-bond acceptors (Lipinski definition) is 0. The largest absolute Gasteiger partial charge is 0.120 e. The molecule has 0 fully saturated rings. The van der Waals surface area contributed by atoms with Crippen molar-refractivity contribution >= 4 is 0 Å². The fraction of sp³-hybridized carbons (Fsp3) is 0.385. The molecule has 66 valence electrons. The van der Waals surface area contributed by atoms with Crippen molar-refractivity contribution in [2.24, 2.45) is 0 Å². The fourth-order valence-electron chi connectivity index (χ4n) is 2.28. The van der Waals surface area contributed by atoms with Gasteiger partial charge >= 0.3 is 0 Å². The van der Waals surface area contributed by atoms with Crippen LogP contribution in [0.4, 0.5) is 0 Å². The first-order valence-electron chi connectivity index (χ1n) is 4.78. The van der Waals surface area contributed by atoms with Crippen LogP contribution in [-0.4, -0.2) is 0 Å². The van der Waals surface area contributed by atoms with Crippen molar-refractivity contribution in [1.82, 2.24) is 0 Å². The van der Waals surface area contributed by atoms with Gasteiger partial charge in [0.15, 0.2) is 0 Å². The van der Waals surface area contributed by atoms with Crippen molar-refractivity contribution < 1.29 is 0 Å². The maximum atomic E-state index is 5.40. The Morgan fingerprint density at radius 2 is 2.23 bits per heavy atom. The summed E-state index contributed by atoms with van der Waals surface area (Å²) in [7, 11) is 0. The van der Waals surface area contributed by atoms with Gasteiger partial charge in [0.1, 0.15) is 0 Å². The smallest absolute Gasteiger partial charge is 0.0181 e. The molecule has 1 aliphatic carbocycles. The topological polar surface area (TPSA) is 0 Å². The lowest BCUT2D eigenvalue weighted by atomic mass is 9.81. The molecule has 1 atom stereocenters. The van der Waals surface area contributed by atoms with Crippen molar-refractivity contribution in [1.29, 1.82) is 0 Å². The van der Waals surface area contributed by atoms with E-state index in [1.165, 1.54) is 24.0 Å². The van der Waals surface area contributed by atoms with Crippen LogP contribution in [0.15, 0.2) is 24.3 Å². The molecule has 1 aliphatic rings. The van der Waals surface area contributed by atoms with Gasteiger partial charge in [-0.2, -0.15) is 0 Å². The molecular weight excluding hydrogens is 156 g/mol. The second kappa shape index (κ2) is 2.92. The molecule has 0 nitrogen and oxygen atoms in total. The van der Waals surface area contributed by atoms with Gasteiger partial charge in [-0.05, 0) is 24.0 Å². The van der Waals surface area contributed by atoms with Gasteiger partial charge in [0.25, 0.3) is 0 Å². The van der Waals surface area contributed by atoms with Gasteiger partial charge in [-0.25, -0.2) is 0 Å². The van der Waals surface area contributed by atoms with Crippen LogP contribution in [0.25, 0.3) is 0 Å². The SMILES string of the molecule is C#CC[C@@]1(C)CCc2ccccc21. The number of benzene rings is 1. The van der Waals surface area contributed by atoms with Crippen LogP contribution in [0.5, 0.6) is 0 Å². The molecule has 0 radical (unpaired) electrons. The molecular formula is C13H14. The second-order valence-electron chi connectivity index (χ2n) is 4.10. The zero-order chi connectivity index (χ0) is 9.31. The first kappa shape index (κ1) is 8.38. The molecule has 0 bridgehead atoms. The van der Waals surface area contributed by atoms with E-state index >= 15 is 0 Å². The van der Waals surface area contributed by atoms with E-state index in [-0.39, 0.29) is 5.41 Å². The predicted octanol–water partition coefficient (Wildman–Crippen LogP) is 2.91. The van der Waals surface area contributed by atoms with Gasteiger partial charge < -0.3 is 0 Å². The second-order valence-corrected chi connectivity index (χ2v) is 4.10. The van der Waals surface area contributed by atoms with Crippen LogP contribution in [0.2, 0.25) is 0 Å². The molecule has 0 spiro atoms. The summed E-state index contributed by atoms with van der Waals surface area (Å²) >= 11 is 0. The number of hydrogen-bond donors (Lipinski definition) is 0. The Kier molecular flexibility index (Phi) is 1.88. The van der Waals surface area contributed by atoms with Gasteiger partial charge in [-0.3, -0.25) is 0 Å². The molecule has 13 heavy (non-hydrogen) atoms. The lowest BCUT2D eigenvalue weighted by Gasteiger charge is -2.22. The highest BCUT2D eigenvalue weighted by Crippen LogP contribution is 2.40. The Labute approximate surface area is 80.0 Å². The quantitative estimate of drug-likeness (QED) is 0.568. The van der Waals surface area contributed by atoms with Crippen molar-refractivity contribution in [2.45, 2.75) is 31.6 Å². The summed E-state index contributed by atoms with van der Waals surface area (Å²) in [6.45, 7) is 2.28. The molecule has 0 heteroatoms. The molecule has 0 saturated heterocycles. The Bertz CT molecular complexity index is 357. The first-order chi connectivity index (χ1) is 6.26. The Balaban J connectivity index is 2.44. The van der Waals surface area contributed by atoms with Crippen LogP contribution < -0.4 is 0 Å². The van der Waals surface area contributed by atoms with Crippen LogP contribution in [0.1, 0.15) is 30.9 Å². The first-order valence-corrected chi connectivity index (χ1v) is 4.78. The Hall–Kier alpha value is -1.22. The fourth-order valence-corrected chi connectivity index (χ4v) is 2.28. The number of aryl methyl sites for hydroxylation is 1. The third-order valence-electron chi connectivity index (χ3n) is 3.11. The van der Waals surface area contributed by atoms with Gasteiger partial charge in [0.05, 0.1) is 0 Å². The molecule has 0 aliphatic heterocycles. The third kappa shape index (κ3) is 1.25. The van der Waals surface area contributed by atoms with E-state index < -0.39 is 0 Å². The molecule has 0 heterocycles. The zero-order valence-corrected chi connectivity index (χ0v) is 8.01. The Morgan fingerprint density at radius 1 is 1.46 bits per heavy atom. The Morgan fingerprint density at radius 3 is 3.00 bits per heavy atom. The summed E-state index contributed by atoms with van der Waals surface area (Å²) in [5.41, 5.74) is 3.19. The van der Waals surface area contributed by atoms with E-state index in [1.54, 1.807) is 0 Å². The summed E-state index contributed by atoms with van der Waals surface area (Å²) in [5.74, 6) is 2.79. The predicted molar refractivity (Wildman–Crippen MR) is 55.6 cm³/mol. The van der Waals surface area contributed by atoms with Crippen LogP contribution in [0, 0.1) is 12.3 Å². The monoisotopic (exact) mass is 170 g/mol. The average Bonchev–Trinajstić information content (AvgIpc) is 2.46. The van der Waals surface area contributed by atoms with Crippen molar-refractivity contribution in [3.63, 3.8) is 0 Å². The lowest BCUT2D eigenvalue weighted by molar-refractivity contribution is 0.483. The van der Waals surface area contributed by atoms with Crippen molar-refractivity contribution in [3.05, 3.63) is 35.4 Å². The molecule has 0 saturated carbocycles. The third-order valence-corrected chi connectivity index (χ3v) is 3.11. The zero-order valence-electron chi connectivity index (χ0n) is 8.01. The standard InChI is InChI=1S/C13H14/c1-3-9-13(2)10-8-11-6-4-5-7-12(11)13/h1,4-7H,8-10H2,2H3/t13-/m0/s1. The van der Waals surface area contributed by atoms with Crippen LogP contribution >= 0.6 is 0 Å². The summed E-state index contributed by atoms with van der Waals surface area (Å²) in [6.07, 6.45) is 8.66. The highest BCUT2D eigenvalue weighted by molar-refractivity contribution is 5.39. The van der Waals surface area contributed by atoms with E-state index in [1.807, 2.05) is 0 Å². The minimum absolute atomic E-state index is 0.241. The van der Waals surface area contributed by atoms with E-state index in [4.69, 9.17) is 6.42 Å². The van der Waals surface area contributed by atoms with E-state index in [0.717, 1.165) is 6.42 Å². The summed E-state index contributed by atoms with van der Waals surface area (Å²) in [4.78, 5) is 0. The minimum atomic E-state index is 0.241. The minimum Gasteiger partial charge on any atom is -0.120 e. The molecule has 2 rings (SSSR count). The molecule has 1 aromatic rings. The highest BCUT2D eigenvalue weighted by Gasteiger charge is 2.32. The molecule has 0 amide bonds. The maximum Gasteiger partial charge on any atom is 0.0181 e. The molecule has 0 unspecified atom stereocenters. The molecule has 0 aromatic heterocycles. The number of terminal acetylenes is 1. The number of fused-ring (bicyclic) bond motifs is 1. The molecule has 1 aromatic carbocycles.